The summed E-state index contributed by atoms with van der Waals surface area (Å²) in [4.78, 5) is 0. The molecule has 19 heavy (non-hydrogen) atoms. The smallest absolute Gasteiger partial charge is 0.119 e. The Bertz CT molecular complexity index is 349. The third-order valence-corrected chi connectivity index (χ3v) is 2.94. The van der Waals surface area contributed by atoms with Crippen LogP contribution in [-0.4, -0.2) is 12.1 Å². The van der Waals surface area contributed by atoms with Crippen LogP contribution in [0.5, 0.6) is 5.75 Å². The standard InChI is InChI=1S/C17H29NO/c1-14(2)7-6-12-19-16-10-8-15(9-11-16)13-18-17(3,4)5/h8-11,14,18H,6-7,12-13H2,1-5H3. The molecule has 0 fully saturated rings. The second-order valence-corrected chi connectivity index (χ2v) is 6.63. The average molecular weight is 263 g/mol. The highest BCUT2D eigenvalue weighted by Crippen LogP contribution is 2.14. The molecular weight excluding hydrogens is 234 g/mol. The average Bonchev–Trinajstić information content (AvgIpc) is 2.32. The predicted molar refractivity (Wildman–Crippen MR) is 82.6 cm³/mol. The fraction of sp³-hybridized carbons (Fsp3) is 0.647. The molecule has 0 atom stereocenters. The molecule has 0 saturated heterocycles. The van der Waals surface area contributed by atoms with Crippen molar-refractivity contribution in [3.63, 3.8) is 0 Å². The van der Waals surface area contributed by atoms with E-state index in [9.17, 15) is 0 Å². The Morgan fingerprint density at radius 2 is 1.74 bits per heavy atom. The zero-order valence-corrected chi connectivity index (χ0v) is 13.1. The van der Waals surface area contributed by atoms with Crippen LogP contribution < -0.4 is 10.1 Å². The van der Waals surface area contributed by atoms with Crippen molar-refractivity contribution in [3.8, 4) is 5.75 Å². The van der Waals surface area contributed by atoms with Crippen molar-refractivity contribution in [1.82, 2.24) is 5.32 Å². The summed E-state index contributed by atoms with van der Waals surface area (Å²) in [5, 5.41) is 3.48. The van der Waals surface area contributed by atoms with E-state index in [0.29, 0.717) is 0 Å². The fourth-order valence-electron chi connectivity index (χ4n) is 1.75. The van der Waals surface area contributed by atoms with Crippen molar-refractivity contribution >= 4 is 0 Å². The maximum atomic E-state index is 5.74. The highest BCUT2D eigenvalue weighted by atomic mass is 16.5. The minimum atomic E-state index is 0.159. The lowest BCUT2D eigenvalue weighted by molar-refractivity contribution is 0.297. The van der Waals surface area contributed by atoms with Crippen molar-refractivity contribution in [2.24, 2.45) is 5.92 Å². The number of hydrogen-bond donors (Lipinski definition) is 1. The first kappa shape index (κ1) is 16.0. The molecule has 0 unspecified atom stereocenters. The normalized spacial score (nSPS) is 11.9. The molecular formula is C17H29NO. The first-order chi connectivity index (χ1) is 8.87. The van der Waals surface area contributed by atoms with Gasteiger partial charge in [0.05, 0.1) is 6.61 Å². The predicted octanol–water partition coefficient (Wildman–Crippen LogP) is 4.39. The summed E-state index contributed by atoms with van der Waals surface area (Å²) >= 11 is 0. The summed E-state index contributed by atoms with van der Waals surface area (Å²) in [7, 11) is 0. The summed E-state index contributed by atoms with van der Waals surface area (Å²) in [6.07, 6.45) is 2.36. The lowest BCUT2D eigenvalue weighted by atomic mass is 10.1. The van der Waals surface area contributed by atoms with Gasteiger partial charge in [0.1, 0.15) is 5.75 Å². The minimum absolute atomic E-state index is 0.159. The van der Waals surface area contributed by atoms with Crippen LogP contribution in [0.2, 0.25) is 0 Å². The largest absolute Gasteiger partial charge is 0.494 e. The molecule has 0 aliphatic carbocycles. The number of nitrogens with one attached hydrogen (secondary N) is 1. The molecule has 0 heterocycles. The van der Waals surface area contributed by atoms with E-state index < -0.39 is 0 Å². The van der Waals surface area contributed by atoms with Crippen LogP contribution in [0.3, 0.4) is 0 Å². The lowest BCUT2D eigenvalue weighted by Crippen LogP contribution is -2.35. The summed E-state index contributed by atoms with van der Waals surface area (Å²) in [5.74, 6) is 1.73. The maximum absolute atomic E-state index is 5.74. The highest BCUT2D eigenvalue weighted by Gasteiger charge is 2.08. The van der Waals surface area contributed by atoms with Crippen LogP contribution in [0.1, 0.15) is 53.0 Å². The maximum Gasteiger partial charge on any atom is 0.119 e. The Morgan fingerprint density at radius 1 is 1.11 bits per heavy atom. The monoisotopic (exact) mass is 263 g/mol. The van der Waals surface area contributed by atoms with Gasteiger partial charge in [-0.3, -0.25) is 0 Å². The molecule has 1 aromatic carbocycles. The van der Waals surface area contributed by atoms with Crippen LogP contribution in [0.4, 0.5) is 0 Å². The Morgan fingerprint density at radius 3 is 2.26 bits per heavy atom. The third kappa shape index (κ3) is 7.89. The van der Waals surface area contributed by atoms with Gasteiger partial charge in [-0.2, -0.15) is 0 Å². The van der Waals surface area contributed by atoms with E-state index in [1.165, 1.54) is 12.0 Å². The van der Waals surface area contributed by atoms with Crippen LogP contribution in [0.15, 0.2) is 24.3 Å². The zero-order valence-electron chi connectivity index (χ0n) is 13.1. The zero-order chi connectivity index (χ0) is 14.3. The van der Waals surface area contributed by atoms with Crippen molar-refractivity contribution in [3.05, 3.63) is 29.8 Å². The van der Waals surface area contributed by atoms with Gasteiger partial charge in [0.15, 0.2) is 0 Å². The minimum Gasteiger partial charge on any atom is -0.494 e. The molecule has 1 N–H and O–H groups in total. The van der Waals surface area contributed by atoms with Crippen LogP contribution in [0, 0.1) is 5.92 Å². The van der Waals surface area contributed by atoms with Gasteiger partial charge in [0.2, 0.25) is 0 Å². The molecule has 1 rings (SSSR count). The van der Waals surface area contributed by atoms with E-state index in [2.05, 4.69) is 64.2 Å². The quantitative estimate of drug-likeness (QED) is 0.737. The fourth-order valence-corrected chi connectivity index (χ4v) is 1.75. The summed E-state index contributed by atoms with van der Waals surface area (Å²) in [6.45, 7) is 12.8. The van der Waals surface area contributed by atoms with Crippen molar-refractivity contribution in [2.75, 3.05) is 6.61 Å². The molecule has 2 heteroatoms. The van der Waals surface area contributed by atoms with Crippen molar-refractivity contribution < 1.29 is 4.74 Å². The van der Waals surface area contributed by atoms with Gasteiger partial charge >= 0.3 is 0 Å². The molecule has 0 saturated carbocycles. The number of ether oxygens (including phenoxy) is 1. The van der Waals surface area contributed by atoms with E-state index in [4.69, 9.17) is 4.74 Å². The topological polar surface area (TPSA) is 21.3 Å². The Balaban J connectivity index is 2.31. The van der Waals surface area contributed by atoms with Crippen LogP contribution >= 0.6 is 0 Å². The molecule has 2 nitrogen and oxygen atoms in total. The first-order valence-corrected chi connectivity index (χ1v) is 7.33. The summed E-state index contributed by atoms with van der Waals surface area (Å²) < 4.78 is 5.74. The third-order valence-electron chi connectivity index (χ3n) is 2.94. The lowest BCUT2D eigenvalue weighted by Gasteiger charge is -2.20. The summed E-state index contributed by atoms with van der Waals surface area (Å²) in [6, 6.07) is 8.40. The van der Waals surface area contributed by atoms with Gasteiger partial charge in [0.25, 0.3) is 0 Å². The second kappa shape index (κ2) is 7.54. The van der Waals surface area contributed by atoms with Crippen LogP contribution in [0.25, 0.3) is 0 Å². The molecule has 1 aromatic rings. The Labute approximate surface area is 118 Å². The second-order valence-electron chi connectivity index (χ2n) is 6.63. The van der Waals surface area contributed by atoms with E-state index in [1.54, 1.807) is 0 Å². The molecule has 0 aromatic heterocycles. The molecule has 0 amide bonds. The molecule has 0 spiro atoms. The number of benzene rings is 1. The van der Waals surface area contributed by atoms with E-state index in [0.717, 1.165) is 31.2 Å². The van der Waals surface area contributed by atoms with E-state index in [-0.39, 0.29) is 5.54 Å². The highest BCUT2D eigenvalue weighted by molar-refractivity contribution is 5.27. The SMILES string of the molecule is CC(C)CCCOc1ccc(CNC(C)(C)C)cc1. The summed E-state index contributed by atoms with van der Waals surface area (Å²) in [5.41, 5.74) is 1.45. The first-order valence-electron chi connectivity index (χ1n) is 7.33. The van der Waals surface area contributed by atoms with Gasteiger partial charge in [-0.1, -0.05) is 26.0 Å². The van der Waals surface area contributed by atoms with Gasteiger partial charge in [0, 0.05) is 12.1 Å². The van der Waals surface area contributed by atoms with Gasteiger partial charge in [-0.25, -0.2) is 0 Å². The van der Waals surface area contributed by atoms with Gasteiger partial charge < -0.3 is 10.1 Å². The van der Waals surface area contributed by atoms with Crippen LogP contribution in [-0.2, 0) is 6.54 Å². The number of rotatable bonds is 7. The molecule has 0 radical (unpaired) electrons. The van der Waals surface area contributed by atoms with Crippen molar-refractivity contribution in [1.29, 1.82) is 0 Å². The van der Waals surface area contributed by atoms with E-state index in [1.807, 2.05) is 0 Å². The molecule has 0 bridgehead atoms. The molecule has 0 aliphatic rings. The molecule has 108 valence electrons. The molecule has 0 aliphatic heterocycles. The van der Waals surface area contributed by atoms with Crippen molar-refractivity contribution in [2.45, 2.75) is 59.5 Å². The van der Waals surface area contributed by atoms with Gasteiger partial charge in [-0.05, 0) is 57.2 Å². The Kier molecular flexibility index (Phi) is 6.36. The van der Waals surface area contributed by atoms with Gasteiger partial charge in [-0.15, -0.1) is 0 Å². The van der Waals surface area contributed by atoms with E-state index >= 15 is 0 Å². The number of hydrogen-bond acceptors (Lipinski definition) is 2. The Hall–Kier alpha value is -1.02.